The molecule has 0 aliphatic heterocycles. The molecule has 0 radical (unpaired) electrons. The van der Waals surface area contributed by atoms with Crippen LogP contribution < -0.4 is 21.1 Å². The Bertz CT molecular complexity index is 1270. The van der Waals surface area contributed by atoms with Crippen molar-refractivity contribution in [2.45, 2.75) is 72.1 Å². The number of carbonyl (C=O) groups is 2. The van der Waals surface area contributed by atoms with E-state index in [0.29, 0.717) is 38.0 Å². The van der Waals surface area contributed by atoms with Crippen LogP contribution in [-0.2, 0) is 11.3 Å². The summed E-state index contributed by atoms with van der Waals surface area (Å²) in [6.45, 7) is 9.76. The lowest BCUT2D eigenvalue weighted by Gasteiger charge is -2.28. The van der Waals surface area contributed by atoms with Crippen LogP contribution in [0.2, 0.25) is 0 Å². The fraction of sp³-hybridized carbons (Fsp3) is 0.515. The average Bonchev–Trinajstić information content (AvgIpc) is 3.33. The number of hydrogen-bond donors (Lipinski definition) is 4. The number of methoxy groups -OCH3 is 1. The largest absolute Gasteiger partial charge is 0.496 e. The highest BCUT2D eigenvalue weighted by atomic mass is 16.5. The van der Waals surface area contributed by atoms with E-state index in [1.165, 1.54) is 0 Å². The molecule has 2 aromatic carbocycles. The maximum atomic E-state index is 13.4. The second-order valence-electron chi connectivity index (χ2n) is 11.5. The van der Waals surface area contributed by atoms with Gasteiger partial charge in [0.1, 0.15) is 5.75 Å². The third-order valence-electron chi connectivity index (χ3n) is 7.98. The van der Waals surface area contributed by atoms with E-state index >= 15 is 0 Å². The molecule has 0 aliphatic rings. The summed E-state index contributed by atoms with van der Waals surface area (Å²) in [7, 11) is 1.66. The van der Waals surface area contributed by atoms with Crippen LogP contribution in [-0.4, -0.2) is 53.8 Å². The van der Waals surface area contributed by atoms with Gasteiger partial charge in [-0.05, 0) is 43.2 Å². The van der Waals surface area contributed by atoms with Crippen LogP contribution >= 0.6 is 0 Å². The smallest absolute Gasteiger partial charge is 0.253 e. The van der Waals surface area contributed by atoms with E-state index in [4.69, 9.17) is 10.5 Å². The minimum Gasteiger partial charge on any atom is -0.496 e. The van der Waals surface area contributed by atoms with Gasteiger partial charge in [-0.2, -0.15) is 0 Å². The van der Waals surface area contributed by atoms with Crippen molar-refractivity contribution in [3.05, 3.63) is 65.9 Å². The predicted molar refractivity (Wildman–Crippen MR) is 165 cm³/mol. The first kappa shape index (κ1) is 32.2. The minimum atomic E-state index is -0.799. The minimum absolute atomic E-state index is 0.0535. The molecule has 2 amide bonds. The summed E-state index contributed by atoms with van der Waals surface area (Å²) in [4.78, 5) is 25.8. The summed E-state index contributed by atoms with van der Waals surface area (Å²) in [6.07, 6.45) is 3.90. The number of aromatic nitrogens is 1. The molecule has 3 rings (SSSR count). The Balaban J connectivity index is 1.65. The van der Waals surface area contributed by atoms with Crippen molar-refractivity contribution >= 4 is 22.7 Å². The topological polar surface area (TPSA) is 119 Å². The van der Waals surface area contributed by atoms with Gasteiger partial charge in [0.2, 0.25) is 5.91 Å². The van der Waals surface area contributed by atoms with Gasteiger partial charge in [-0.25, -0.2) is 0 Å². The summed E-state index contributed by atoms with van der Waals surface area (Å²) in [5, 5.41) is 17.7. The van der Waals surface area contributed by atoms with Crippen molar-refractivity contribution in [2.75, 3.05) is 20.2 Å². The third-order valence-corrected chi connectivity index (χ3v) is 7.98. The maximum absolute atomic E-state index is 13.4. The SMILES string of the molecule is CCCCNC(=O)[C@H](C)C[C@H](O)[C@@H](N)C[C@H](CNC(=O)c1cn(Cc2ccccc2OC)c2ccccc12)C(C)C. The molecule has 0 aliphatic carbocycles. The molecule has 224 valence electrons. The van der Waals surface area contributed by atoms with Gasteiger partial charge < -0.3 is 30.8 Å². The van der Waals surface area contributed by atoms with Crippen LogP contribution in [0.15, 0.2) is 54.7 Å². The number of amides is 2. The highest BCUT2D eigenvalue weighted by Crippen LogP contribution is 2.26. The second kappa shape index (κ2) is 15.6. The van der Waals surface area contributed by atoms with E-state index in [0.717, 1.165) is 35.1 Å². The average molecular weight is 565 g/mol. The summed E-state index contributed by atoms with van der Waals surface area (Å²) in [6, 6.07) is 15.3. The van der Waals surface area contributed by atoms with Gasteiger partial charge >= 0.3 is 0 Å². The van der Waals surface area contributed by atoms with Gasteiger partial charge in [0.05, 0.1) is 25.3 Å². The zero-order valence-electron chi connectivity index (χ0n) is 25.2. The Kier molecular flexibility index (Phi) is 12.2. The second-order valence-corrected chi connectivity index (χ2v) is 11.5. The summed E-state index contributed by atoms with van der Waals surface area (Å²) in [5.41, 5.74) is 9.03. The molecular weight excluding hydrogens is 516 g/mol. The fourth-order valence-electron chi connectivity index (χ4n) is 5.20. The first-order chi connectivity index (χ1) is 19.7. The molecule has 8 heteroatoms. The lowest BCUT2D eigenvalue weighted by Crippen LogP contribution is -2.42. The van der Waals surface area contributed by atoms with Crippen LogP contribution in [0.3, 0.4) is 0 Å². The van der Waals surface area contributed by atoms with Crippen molar-refractivity contribution in [1.29, 1.82) is 0 Å². The van der Waals surface area contributed by atoms with E-state index in [9.17, 15) is 14.7 Å². The molecule has 8 nitrogen and oxygen atoms in total. The number of nitrogens with zero attached hydrogens (tertiary/aromatic N) is 1. The number of rotatable bonds is 16. The van der Waals surface area contributed by atoms with E-state index in [1.807, 2.05) is 61.7 Å². The Morgan fingerprint density at radius 1 is 1.02 bits per heavy atom. The van der Waals surface area contributed by atoms with Crippen LogP contribution in [0, 0.1) is 17.8 Å². The molecule has 4 atom stereocenters. The van der Waals surface area contributed by atoms with Gasteiger partial charge in [-0.3, -0.25) is 9.59 Å². The Labute approximate surface area is 244 Å². The van der Waals surface area contributed by atoms with Crippen LogP contribution in [0.1, 0.15) is 69.3 Å². The van der Waals surface area contributed by atoms with Crippen molar-refractivity contribution < 1.29 is 19.4 Å². The molecule has 5 N–H and O–H groups in total. The van der Waals surface area contributed by atoms with Crippen molar-refractivity contribution in [3.63, 3.8) is 0 Å². The zero-order chi connectivity index (χ0) is 29.9. The molecule has 0 saturated heterocycles. The molecule has 1 aromatic heterocycles. The van der Waals surface area contributed by atoms with Gasteiger partial charge in [0.15, 0.2) is 0 Å². The molecule has 0 bridgehead atoms. The van der Waals surface area contributed by atoms with Gasteiger partial charge in [0.25, 0.3) is 5.91 Å². The van der Waals surface area contributed by atoms with Crippen molar-refractivity contribution in [2.24, 2.45) is 23.5 Å². The number of unbranched alkanes of at least 4 members (excludes halogenated alkanes) is 1. The normalized spacial score (nSPS) is 14.4. The first-order valence-corrected chi connectivity index (χ1v) is 14.8. The number of aliphatic hydroxyl groups is 1. The monoisotopic (exact) mass is 564 g/mol. The quantitative estimate of drug-likeness (QED) is 0.188. The number of nitrogens with one attached hydrogen (secondary N) is 2. The number of benzene rings is 2. The molecule has 0 saturated carbocycles. The van der Waals surface area contributed by atoms with E-state index in [2.05, 4.69) is 36.0 Å². The number of fused-ring (bicyclic) bond motifs is 1. The van der Waals surface area contributed by atoms with Crippen molar-refractivity contribution in [3.8, 4) is 5.75 Å². The van der Waals surface area contributed by atoms with Gasteiger partial charge in [0, 0.05) is 47.7 Å². The number of hydrogen-bond acceptors (Lipinski definition) is 5. The molecule has 0 unspecified atom stereocenters. The number of nitrogens with two attached hydrogens (primary N) is 1. The van der Waals surface area contributed by atoms with Gasteiger partial charge in [-0.1, -0.05) is 70.5 Å². The van der Waals surface area contributed by atoms with E-state index in [-0.39, 0.29) is 29.6 Å². The maximum Gasteiger partial charge on any atom is 0.253 e. The highest BCUT2D eigenvalue weighted by Gasteiger charge is 2.26. The fourth-order valence-corrected chi connectivity index (χ4v) is 5.20. The molecule has 0 fully saturated rings. The van der Waals surface area contributed by atoms with E-state index < -0.39 is 12.1 Å². The Morgan fingerprint density at radius 3 is 2.44 bits per heavy atom. The lowest BCUT2D eigenvalue weighted by atomic mass is 9.86. The van der Waals surface area contributed by atoms with Crippen molar-refractivity contribution in [1.82, 2.24) is 15.2 Å². The molecule has 41 heavy (non-hydrogen) atoms. The Hall–Kier alpha value is -3.36. The number of para-hydroxylation sites is 2. The van der Waals surface area contributed by atoms with Crippen LogP contribution in [0.4, 0.5) is 0 Å². The summed E-state index contributed by atoms with van der Waals surface area (Å²) < 4.78 is 7.61. The Morgan fingerprint density at radius 2 is 1.73 bits per heavy atom. The lowest BCUT2D eigenvalue weighted by molar-refractivity contribution is -0.125. The molecule has 3 aromatic rings. The molecule has 0 spiro atoms. The number of aliphatic hydroxyl groups excluding tert-OH is 1. The predicted octanol–water partition coefficient (Wildman–Crippen LogP) is 4.72. The molecule has 1 heterocycles. The van der Waals surface area contributed by atoms with E-state index in [1.54, 1.807) is 7.11 Å². The highest BCUT2D eigenvalue weighted by molar-refractivity contribution is 6.07. The van der Waals surface area contributed by atoms with Crippen LogP contribution in [0.5, 0.6) is 5.75 Å². The van der Waals surface area contributed by atoms with Gasteiger partial charge in [-0.15, -0.1) is 0 Å². The summed E-state index contributed by atoms with van der Waals surface area (Å²) >= 11 is 0. The summed E-state index contributed by atoms with van der Waals surface area (Å²) in [5.74, 6) is 0.605. The number of ether oxygens (including phenoxy) is 1. The zero-order valence-corrected chi connectivity index (χ0v) is 25.2. The number of carbonyl (C=O) groups excluding carboxylic acids is 2. The third kappa shape index (κ3) is 8.81. The molecular formula is C33H48N4O4. The standard InChI is InChI=1S/C33H48N4O4/c1-6-7-16-35-32(39)23(4)17-30(38)28(34)18-25(22(2)3)19-36-33(40)27-21-37(29-14-10-9-13-26(27)29)20-24-12-8-11-15-31(24)41-5/h8-15,21-23,25,28,30,38H,6-7,16-20,34H2,1-5H3,(H,35,39)(H,36,40)/t23-,25-,28+,30+/m1/s1. The first-order valence-electron chi connectivity index (χ1n) is 14.8. The van der Waals surface area contributed by atoms with Crippen LogP contribution in [0.25, 0.3) is 10.9 Å².